The van der Waals surface area contributed by atoms with Crippen LogP contribution in [0.25, 0.3) is 0 Å². The van der Waals surface area contributed by atoms with Gasteiger partial charge in [-0.05, 0) is 37.0 Å². The number of sulfonamides is 1. The predicted octanol–water partition coefficient (Wildman–Crippen LogP) is 1.69. The predicted molar refractivity (Wildman–Crippen MR) is 74.4 cm³/mol. The van der Waals surface area contributed by atoms with Gasteiger partial charge in [-0.1, -0.05) is 25.5 Å². The van der Waals surface area contributed by atoms with Gasteiger partial charge in [0.05, 0.1) is 4.90 Å². The highest BCUT2D eigenvalue weighted by Gasteiger charge is 2.42. The fraction of sp³-hybridized carbons (Fsp3) is 0.571. The summed E-state index contributed by atoms with van der Waals surface area (Å²) in [6.07, 6.45) is 3.79. The molecule has 19 heavy (non-hydrogen) atoms. The van der Waals surface area contributed by atoms with E-state index in [1.165, 1.54) is 0 Å². The van der Waals surface area contributed by atoms with Gasteiger partial charge in [-0.3, -0.25) is 0 Å². The molecule has 0 bridgehead atoms. The van der Waals surface area contributed by atoms with Gasteiger partial charge in [-0.2, -0.15) is 0 Å². The lowest BCUT2D eigenvalue weighted by atomic mass is 10.1. The average molecular weight is 283 g/mol. The van der Waals surface area contributed by atoms with Gasteiger partial charge in [0.1, 0.15) is 0 Å². The molecular formula is C14H21NO3S. The Bertz CT molecular complexity index is 518. The van der Waals surface area contributed by atoms with E-state index in [1.807, 2.05) is 12.1 Å². The minimum atomic E-state index is -3.46. The van der Waals surface area contributed by atoms with Gasteiger partial charge >= 0.3 is 0 Å². The number of aryl methyl sites for hydroxylation is 1. The molecule has 2 N–H and O–H groups in total. The summed E-state index contributed by atoms with van der Waals surface area (Å²) >= 11 is 0. The number of benzene rings is 1. The van der Waals surface area contributed by atoms with Crippen LogP contribution in [0, 0.1) is 5.41 Å². The highest BCUT2D eigenvalue weighted by atomic mass is 32.2. The SMILES string of the molecule is CCCc1ccc(S(=O)(=O)NCC2(CO)CC2)cc1. The second-order valence-electron chi connectivity index (χ2n) is 5.38. The van der Waals surface area contributed by atoms with Gasteiger partial charge in [-0.15, -0.1) is 0 Å². The molecule has 5 heteroatoms. The topological polar surface area (TPSA) is 66.4 Å². The molecule has 0 unspecified atom stereocenters. The summed E-state index contributed by atoms with van der Waals surface area (Å²) in [6, 6.07) is 7.01. The third-order valence-electron chi connectivity index (χ3n) is 3.70. The number of aliphatic hydroxyl groups is 1. The van der Waals surface area contributed by atoms with Gasteiger partial charge in [0.2, 0.25) is 10.0 Å². The van der Waals surface area contributed by atoms with Crippen molar-refractivity contribution >= 4 is 10.0 Å². The first-order valence-electron chi connectivity index (χ1n) is 6.71. The van der Waals surface area contributed by atoms with E-state index in [4.69, 9.17) is 0 Å². The van der Waals surface area contributed by atoms with Crippen LogP contribution in [0.15, 0.2) is 29.2 Å². The number of nitrogens with one attached hydrogen (secondary N) is 1. The van der Waals surface area contributed by atoms with Crippen molar-refractivity contribution in [1.82, 2.24) is 4.72 Å². The van der Waals surface area contributed by atoms with Gasteiger partial charge in [0, 0.05) is 18.6 Å². The Labute approximate surface area is 114 Å². The van der Waals surface area contributed by atoms with Crippen LogP contribution in [-0.2, 0) is 16.4 Å². The highest BCUT2D eigenvalue weighted by molar-refractivity contribution is 7.89. The molecule has 1 aliphatic rings. The molecule has 1 saturated carbocycles. The van der Waals surface area contributed by atoms with Gasteiger partial charge in [0.15, 0.2) is 0 Å². The molecule has 1 aromatic rings. The standard InChI is InChI=1S/C14H21NO3S/c1-2-3-12-4-6-13(7-5-12)19(17,18)15-10-14(11-16)8-9-14/h4-7,15-16H,2-3,8-11H2,1H3. The van der Waals surface area contributed by atoms with Crippen molar-refractivity contribution in [1.29, 1.82) is 0 Å². The fourth-order valence-corrected chi connectivity index (χ4v) is 3.18. The van der Waals surface area contributed by atoms with Crippen molar-refractivity contribution in [2.75, 3.05) is 13.2 Å². The summed E-state index contributed by atoms with van der Waals surface area (Å²) < 4.78 is 26.8. The molecule has 0 spiro atoms. The maximum absolute atomic E-state index is 12.1. The van der Waals surface area contributed by atoms with Crippen molar-refractivity contribution < 1.29 is 13.5 Å². The van der Waals surface area contributed by atoms with Crippen molar-refractivity contribution in [2.45, 2.75) is 37.5 Å². The Hall–Kier alpha value is -0.910. The zero-order valence-electron chi connectivity index (χ0n) is 11.2. The largest absolute Gasteiger partial charge is 0.396 e. The lowest BCUT2D eigenvalue weighted by Gasteiger charge is -2.13. The van der Waals surface area contributed by atoms with Crippen LogP contribution in [-0.4, -0.2) is 26.7 Å². The number of hydrogen-bond donors (Lipinski definition) is 2. The molecule has 0 aliphatic heterocycles. The molecule has 106 valence electrons. The van der Waals surface area contributed by atoms with Gasteiger partial charge < -0.3 is 5.11 Å². The van der Waals surface area contributed by atoms with Crippen molar-refractivity contribution in [3.8, 4) is 0 Å². The Morgan fingerprint density at radius 1 is 1.26 bits per heavy atom. The van der Waals surface area contributed by atoms with E-state index in [-0.39, 0.29) is 12.0 Å². The monoisotopic (exact) mass is 283 g/mol. The molecule has 1 fully saturated rings. The minimum Gasteiger partial charge on any atom is -0.396 e. The Morgan fingerprint density at radius 3 is 2.37 bits per heavy atom. The molecule has 0 saturated heterocycles. The van der Waals surface area contributed by atoms with Crippen LogP contribution >= 0.6 is 0 Å². The second-order valence-corrected chi connectivity index (χ2v) is 7.14. The lowest BCUT2D eigenvalue weighted by Crippen LogP contribution is -2.31. The maximum Gasteiger partial charge on any atom is 0.240 e. The average Bonchev–Trinajstić information content (AvgIpc) is 3.18. The summed E-state index contributed by atoms with van der Waals surface area (Å²) in [5.74, 6) is 0. The first-order chi connectivity index (χ1) is 9.01. The van der Waals surface area contributed by atoms with Crippen molar-refractivity contribution in [2.24, 2.45) is 5.41 Å². The molecule has 0 aromatic heterocycles. The molecule has 0 radical (unpaired) electrons. The number of rotatable bonds is 7. The van der Waals surface area contributed by atoms with Gasteiger partial charge in [0.25, 0.3) is 0 Å². The Balaban J connectivity index is 2.02. The third-order valence-corrected chi connectivity index (χ3v) is 5.12. The first-order valence-corrected chi connectivity index (χ1v) is 8.19. The Kier molecular flexibility index (Phi) is 4.28. The molecule has 2 rings (SSSR count). The Morgan fingerprint density at radius 2 is 1.89 bits per heavy atom. The van der Waals surface area contributed by atoms with E-state index in [2.05, 4.69) is 11.6 Å². The van der Waals surface area contributed by atoms with Crippen LogP contribution in [0.4, 0.5) is 0 Å². The summed E-state index contributed by atoms with van der Waals surface area (Å²) in [6.45, 7) is 2.46. The fourth-order valence-electron chi connectivity index (χ4n) is 2.02. The molecule has 0 heterocycles. The maximum atomic E-state index is 12.1. The summed E-state index contributed by atoms with van der Waals surface area (Å²) in [5, 5.41) is 9.18. The zero-order chi connectivity index (χ0) is 13.9. The summed E-state index contributed by atoms with van der Waals surface area (Å²) in [4.78, 5) is 0.293. The van der Waals surface area contributed by atoms with Crippen molar-refractivity contribution in [3.63, 3.8) is 0 Å². The second kappa shape index (κ2) is 5.61. The van der Waals surface area contributed by atoms with Gasteiger partial charge in [-0.25, -0.2) is 13.1 Å². The van der Waals surface area contributed by atoms with E-state index >= 15 is 0 Å². The van der Waals surface area contributed by atoms with Crippen LogP contribution in [0.2, 0.25) is 0 Å². The number of hydrogen-bond acceptors (Lipinski definition) is 3. The lowest BCUT2D eigenvalue weighted by molar-refractivity contribution is 0.213. The summed E-state index contributed by atoms with van der Waals surface area (Å²) in [7, 11) is -3.46. The summed E-state index contributed by atoms with van der Waals surface area (Å²) in [5.41, 5.74) is 0.936. The van der Waals surface area contributed by atoms with E-state index in [0.29, 0.717) is 11.4 Å². The quantitative estimate of drug-likeness (QED) is 0.800. The number of aliphatic hydroxyl groups excluding tert-OH is 1. The van der Waals surface area contributed by atoms with Crippen LogP contribution < -0.4 is 4.72 Å². The molecule has 0 atom stereocenters. The molecule has 0 amide bonds. The van der Waals surface area contributed by atoms with Crippen LogP contribution in [0.1, 0.15) is 31.7 Å². The van der Waals surface area contributed by atoms with E-state index in [0.717, 1.165) is 31.2 Å². The molecule has 1 aromatic carbocycles. The first kappa shape index (κ1) is 14.5. The van der Waals surface area contributed by atoms with Crippen LogP contribution in [0.5, 0.6) is 0 Å². The van der Waals surface area contributed by atoms with E-state index in [9.17, 15) is 13.5 Å². The van der Waals surface area contributed by atoms with Crippen LogP contribution in [0.3, 0.4) is 0 Å². The third kappa shape index (κ3) is 3.55. The smallest absolute Gasteiger partial charge is 0.240 e. The van der Waals surface area contributed by atoms with Crippen molar-refractivity contribution in [3.05, 3.63) is 29.8 Å². The molecular weight excluding hydrogens is 262 g/mol. The minimum absolute atomic E-state index is 0.0466. The normalized spacial score (nSPS) is 17.4. The highest BCUT2D eigenvalue weighted by Crippen LogP contribution is 2.44. The molecule has 1 aliphatic carbocycles. The van der Waals surface area contributed by atoms with E-state index in [1.54, 1.807) is 12.1 Å². The molecule has 4 nitrogen and oxygen atoms in total. The zero-order valence-corrected chi connectivity index (χ0v) is 12.0. The van der Waals surface area contributed by atoms with E-state index < -0.39 is 10.0 Å².